The minimum Gasteiger partial charge on any atom is -0.347 e. The number of hydrogen-bond acceptors (Lipinski definition) is 3. The van der Waals surface area contributed by atoms with Crippen molar-refractivity contribution in [3.05, 3.63) is 59.5 Å². The molecule has 1 aromatic heterocycles. The lowest BCUT2D eigenvalue weighted by atomic mass is 10.1. The molecule has 0 radical (unpaired) electrons. The van der Waals surface area contributed by atoms with Gasteiger partial charge in [0.2, 0.25) is 9.84 Å². The molecule has 0 fully saturated rings. The quantitative estimate of drug-likeness (QED) is 0.707. The van der Waals surface area contributed by atoms with Gasteiger partial charge in [-0.15, -0.1) is 0 Å². The van der Waals surface area contributed by atoms with Crippen LogP contribution in [-0.2, 0) is 29.9 Å². The second-order valence-corrected chi connectivity index (χ2v) is 8.56. The second kappa shape index (κ2) is 5.68. The minimum atomic E-state index is -3.75. The van der Waals surface area contributed by atoms with E-state index in [0.717, 1.165) is 36.5 Å². The normalized spacial score (nSPS) is 15.5. The van der Waals surface area contributed by atoms with Crippen LogP contribution in [0.25, 0.3) is 10.9 Å². The third-order valence-electron chi connectivity index (χ3n) is 4.98. The highest BCUT2D eigenvalue weighted by Crippen LogP contribution is 2.32. The van der Waals surface area contributed by atoms with E-state index in [9.17, 15) is 12.8 Å². The van der Waals surface area contributed by atoms with Crippen molar-refractivity contribution in [3.63, 3.8) is 0 Å². The Kier molecular flexibility index (Phi) is 3.70. The van der Waals surface area contributed by atoms with Gasteiger partial charge in [-0.25, -0.2) is 12.8 Å². The smallest absolute Gasteiger partial charge is 0.206 e. The van der Waals surface area contributed by atoms with Crippen molar-refractivity contribution in [1.29, 1.82) is 0 Å². The molecular weight excluding hydrogens is 339 g/mol. The average Bonchev–Trinajstić information content (AvgIpc) is 2.87. The summed E-state index contributed by atoms with van der Waals surface area (Å²) in [6.07, 6.45) is 0.947. The molecule has 0 spiro atoms. The Morgan fingerprint density at radius 3 is 2.56 bits per heavy atom. The fourth-order valence-corrected chi connectivity index (χ4v) is 4.95. The maximum atomic E-state index is 13.5. The molecule has 4 rings (SSSR count). The third kappa shape index (κ3) is 2.56. The van der Waals surface area contributed by atoms with E-state index in [1.54, 1.807) is 12.1 Å². The number of rotatable bonds is 2. The van der Waals surface area contributed by atoms with Gasteiger partial charge in [-0.05, 0) is 49.0 Å². The summed E-state index contributed by atoms with van der Waals surface area (Å²) in [5.41, 5.74) is 3.47. The molecule has 1 aliphatic heterocycles. The molecule has 25 heavy (non-hydrogen) atoms. The van der Waals surface area contributed by atoms with Gasteiger partial charge in [0.15, 0.2) is 0 Å². The molecule has 4 nitrogen and oxygen atoms in total. The first kappa shape index (κ1) is 16.3. The van der Waals surface area contributed by atoms with Crippen LogP contribution in [0.5, 0.6) is 0 Å². The number of fused-ring (bicyclic) bond motifs is 3. The van der Waals surface area contributed by atoms with E-state index in [1.165, 1.54) is 29.5 Å². The number of sulfone groups is 1. The van der Waals surface area contributed by atoms with E-state index in [4.69, 9.17) is 0 Å². The fraction of sp³-hybridized carbons (Fsp3) is 0.263. The topological polar surface area (TPSA) is 42.3 Å². The molecule has 0 saturated heterocycles. The summed E-state index contributed by atoms with van der Waals surface area (Å²) in [5.74, 6) is -0.555. The van der Waals surface area contributed by atoms with Gasteiger partial charge >= 0.3 is 0 Å². The van der Waals surface area contributed by atoms with Crippen LogP contribution in [0.3, 0.4) is 0 Å². The Labute approximate surface area is 146 Å². The van der Waals surface area contributed by atoms with E-state index < -0.39 is 15.7 Å². The second-order valence-electron chi connectivity index (χ2n) is 6.61. The number of halogens is 1. The van der Waals surface area contributed by atoms with Gasteiger partial charge < -0.3 is 9.47 Å². The maximum Gasteiger partial charge on any atom is 0.206 e. The maximum absolute atomic E-state index is 13.5. The first-order valence-electron chi connectivity index (χ1n) is 8.17. The minimum absolute atomic E-state index is 0.0197. The molecule has 0 amide bonds. The monoisotopic (exact) mass is 358 g/mol. The Morgan fingerprint density at radius 1 is 1.04 bits per heavy atom. The van der Waals surface area contributed by atoms with E-state index in [0.29, 0.717) is 0 Å². The Balaban J connectivity index is 1.91. The summed E-state index contributed by atoms with van der Waals surface area (Å²) in [7, 11) is 0.339. The summed E-state index contributed by atoms with van der Waals surface area (Å²) in [5, 5.41) is 0.960. The van der Waals surface area contributed by atoms with Gasteiger partial charge in [0, 0.05) is 43.2 Å². The summed E-state index contributed by atoms with van der Waals surface area (Å²) in [4.78, 5) is 2.41. The van der Waals surface area contributed by atoms with Crippen LogP contribution < -0.4 is 0 Å². The highest BCUT2D eigenvalue weighted by atomic mass is 32.2. The Morgan fingerprint density at radius 2 is 1.80 bits per heavy atom. The molecule has 6 heteroatoms. The molecule has 130 valence electrons. The fourth-order valence-electron chi connectivity index (χ4n) is 3.63. The van der Waals surface area contributed by atoms with Crippen LogP contribution in [0.15, 0.2) is 52.3 Å². The zero-order valence-corrected chi connectivity index (χ0v) is 15.0. The molecule has 2 heterocycles. The third-order valence-corrected chi connectivity index (χ3v) is 6.73. The van der Waals surface area contributed by atoms with Gasteiger partial charge in [-0.1, -0.05) is 6.07 Å². The molecule has 0 bridgehead atoms. The van der Waals surface area contributed by atoms with E-state index in [-0.39, 0.29) is 9.79 Å². The van der Waals surface area contributed by atoms with E-state index in [1.807, 2.05) is 13.1 Å². The predicted octanol–water partition coefficient (Wildman–Crippen LogP) is 3.14. The molecule has 0 unspecified atom stereocenters. The highest BCUT2D eigenvalue weighted by Gasteiger charge is 2.24. The molecule has 1 aliphatic rings. The molecule has 0 N–H and O–H groups in total. The average molecular weight is 358 g/mol. The van der Waals surface area contributed by atoms with E-state index >= 15 is 0 Å². The van der Waals surface area contributed by atoms with Crippen LogP contribution >= 0.6 is 0 Å². The molecule has 3 aromatic rings. The van der Waals surface area contributed by atoms with Crippen molar-refractivity contribution >= 4 is 20.7 Å². The number of likely N-dealkylation sites (N-methyl/N-ethyl adjacent to an activating group) is 1. The van der Waals surface area contributed by atoms with Crippen molar-refractivity contribution < 1.29 is 12.8 Å². The lowest BCUT2D eigenvalue weighted by molar-refractivity contribution is 0.310. The van der Waals surface area contributed by atoms with Crippen LogP contribution in [0.2, 0.25) is 0 Å². The molecule has 0 atom stereocenters. The van der Waals surface area contributed by atoms with Crippen LogP contribution in [0, 0.1) is 5.82 Å². The molecular formula is C19H19FN2O2S. The van der Waals surface area contributed by atoms with Gasteiger partial charge in [-0.2, -0.15) is 0 Å². The first-order valence-corrected chi connectivity index (χ1v) is 9.65. The van der Waals surface area contributed by atoms with Gasteiger partial charge in [0.1, 0.15) is 5.82 Å². The van der Waals surface area contributed by atoms with E-state index in [2.05, 4.69) is 16.5 Å². The number of hydrogen-bond donors (Lipinski definition) is 0. The standard InChI is InChI=1S/C19H19FN2O2S/c1-21-9-8-19-17(12-21)16-11-15(6-7-18(16)22(19)2)25(23,24)14-5-3-4-13(20)10-14/h3-7,10-11H,8-9,12H2,1-2H3. The number of benzene rings is 2. The molecule has 0 aliphatic carbocycles. The summed E-state index contributed by atoms with van der Waals surface area (Å²) < 4.78 is 41.4. The van der Waals surface area contributed by atoms with Crippen molar-refractivity contribution in [1.82, 2.24) is 9.47 Å². The van der Waals surface area contributed by atoms with Crippen molar-refractivity contribution in [3.8, 4) is 0 Å². The molecule has 2 aromatic carbocycles. The van der Waals surface area contributed by atoms with Crippen molar-refractivity contribution in [2.75, 3.05) is 13.6 Å². The van der Waals surface area contributed by atoms with Gasteiger partial charge in [-0.3, -0.25) is 0 Å². The number of nitrogens with zero attached hydrogens (tertiary/aromatic N) is 2. The van der Waals surface area contributed by atoms with Crippen molar-refractivity contribution in [2.45, 2.75) is 22.8 Å². The van der Waals surface area contributed by atoms with Crippen molar-refractivity contribution in [2.24, 2.45) is 7.05 Å². The summed E-state index contributed by atoms with van der Waals surface area (Å²) in [6.45, 7) is 1.79. The molecule has 0 saturated carbocycles. The zero-order valence-electron chi connectivity index (χ0n) is 14.2. The van der Waals surface area contributed by atoms with Crippen LogP contribution in [0.1, 0.15) is 11.3 Å². The summed E-state index contributed by atoms with van der Waals surface area (Å²) >= 11 is 0. The zero-order chi connectivity index (χ0) is 17.8. The summed E-state index contributed by atoms with van der Waals surface area (Å²) in [6, 6.07) is 10.3. The Bertz CT molecular complexity index is 1090. The Hall–Kier alpha value is -2.18. The van der Waals surface area contributed by atoms with Gasteiger partial charge in [0.05, 0.1) is 9.79 Å². The highest BCUT2D eigenvalue weighted by molar-refractivity contribution is 7.91. The number of aryl methyl sites for hydroxylation is 1. The number of aromatic nitrogens is 1. The lowest BCUT2D eigenvalue weighted by Gasteiger charge is -2.23. The van der Waals surface area contributed by atoms with Gasteiger partial charge in [0.25, 0.3) is 0 Å². The predicted molar refractivity (Wildman–Crippen MR) is 94.8 cm³/mol. The van der Waals surface area contributed by atoms with Crippen LogP contribution in [-0.4, -0.2) is 31.5 Å². The van der Waals surface area contributed by atoms with Crippen LogP contribution in [0.4, 0.5) is 4.39 Å². The SMILES string of the molecule is CN1CCc2c(c3cc(S(=O)(=O)c4cccc(F)c4)ccc3n2C)C1. The largest absolute Gasteiger partial charge is 0.347 e. The lowest BCUT2D eigenvalue weighted by Crippen LogP contribution is -2.26. The first-order chi connectivity index (χ1) is 11.9.